The third kappa shape index (κ3) is 4.84. The van der Waals surface area contributed by atoms with E-state index in [0.717, 1.165) is 19.4 Å². The Morgan fingerprint density at radius 2 is 2.18 bits per heavy atom. The molecule has 0 amide bonds. The molecule has 0 aliphatic heterocycles. The Morgan fingerprint density at radius 1 is 1.41 bits per heavy atom. The molecule has 3 heteroatoms. The topological polar surface area (TPSA) is 34.1 Å². The van der Waals surface area contributed by atoms with Crippen molar-refractivity contribution in [1.82, 2.24) is 10.3 Å². The van der Waals surface area contributed by atoms with Crippen molar-refractivity contribution in [2.24, 2.45) is 0 Å². The zero-order chi connectivity index (χ0) is 12.7. The van der Waals surface area contributed by atoms with Crippen molar-refractivity contribution in [2.45, 2.75) is 45.8 Å². The number of hydrogen-bond acceptors (Lipinski definition) is 3. The van der Waals surface area contributed by atoms with Gasteiger partial charge in [-0.15, -0.1) is 0 Å². The second-order valence-corrected chi connectivity index (χ2v) is 4.58. The third-order valence-corrected chi connectivity index (χ3v) is 2.91. The van der Waals surface area contributed by atoms with Gasteiger partial charge in [0.2, 0.25) is 0 Å². The van der Waals surface area contributed by atoms with E-state index in [1.807, 2.05) is 12.4 Å². The molecular formula is C14H24N2O. The van der Waals surface area contributed by atoms with Gasteiger partial charge in [-0.05, 0) is 44.4 Å². The van der Waals surface area contributed by atoms with Gasteiger partial charge in [0.1, 0.15) is 0 Å². The molecule has 0 spiro atoms. The first-order valence-electron chi connectivity index (χ1n) is 6.35. The molecule has 0 saturated heterocycles. The van der Waals surface area contributed by atoms with Crippen LogP contribution in [0.3, 0.4) is 0 Å². The second kappa shape index (κ2) is 7.41. The number of ether oxygens (including phenoxy) is 1. The molecule has 0 aliphatic carbocycles. The molecule has 2 unspecified atom stereocenters. The molecule has 0 aromatic carbocycles. The first-order chi connectivity index (χ1) is 8.17. The molecule has 0 bridgehead atoms. The Balaban J connectivity index is 2.74. The molecule has 1 aromatic heterocycles. The SMILES string of the molecule is CCCNC(CC(C)OC)c1cncc(C)c1. The fraction of sp³-hybridized carbons (Fsp3) is 0.643. The summed E-state index contributed by atoms with van der Waals surface area (Å²) >= 11 is 0. The van der Waals surface area contributed by atoms with E-state index >= 15 is 0 Å². The highest BCUT2D eigenvalue weighted by atomic mass is 16.5. The van der Waals surface area contributed by atoms with Crippen LogP contribution >= 0.6 is 0 Å². The monoisotopic (exact) mass is 236 g/mol. The van der Waals surface area contributed by atoms with Gasteiger partial charge in [0.25, 0.3) is 0 Å². The Bertz CT molecular complexity index is 328. The van der Waals surface area contributed by atoms with Gasteiger partial charge in [0.15, 0.2) is 0 Å². The first kappa shape index (κ1) is 14.1. The van der Waals surface area contributed by atoms with Gasteiger partial charge in [-0.3, -0.25) is 4.98 Å². The van der Waals surface area contributed by atoms with E-state index < -0.39 is 0 Å². The van der Waals surface area contributed by atoms with Crippen LogP contribution in [0.5, 0.6) is 0 Å². The van der Waals surface area contributed by atoms with E-state index in [0.29, 0.717) is 6.04 Å². The molecule has 17 heavy (non-hydrogen) atoms. The summed E-state index contributed by atoms with van der Waals surface area (Å²) in [5.41, 5.74) is 2.46. The largest absolute Gasteiger partial charge is 0.382 e. The van der Waals surface area contributed by atoms with Crippen LogP contribution < -0.4 is 5.32 Å². The van der Waals surface area contributed by atoms with Crippen molar-refractivity contribution >= 4 is 0 Å². The highest BCUT2D eigenvalue weighted by Crippen LogP contribution is 2.19. The molecule has 1 N–H and O–H groups in total. The lowest BCUT2D eigenvalue weighted by Gasteiger charge is -2.22. The van der Waals surface area contributed by atoms with Crippen LogP contribution in [0.4, 0.5) is 0 Å². The minimum Gasteiger partial charge on any atom is -0.382 e. The molecule has 1 aromatic rings. The molecule has 0 aliphatic rings. The standard InChI is InChI=1S/C14H24N2O/c1-5-6-16-14(8-12(3)17-4)13-7-11(2)9-15-10-13/h7,9-10,12,14,16H,5-6,8H2,1-4H3. The zero-order valence-corrected chi connectivity index (χ0v) is 11.4. The van der Waals surface area contributed by atoms with Crippen LogP contribution in [0.15, 0.2) is 18.5 Å². The van der Waals surface area contributed by atoms with Crippen LogP contribution in [-0.2, 0) is 4.74 Å². The van der Waals surface area contributed by atoms with Crippen LogP contribution in [-0.4, -0.2) is 24.7 Å². The second-order valence-electron chi connectivity index (χ2n) is 4.58. The summed E-state index contributed by atoms with van der Waals surface area (Å²) in [4.78, 5) is 4.27. The number of aryl methyl sites for hydroxylation is 1. The summed E-state index contributed by atoms with van der Waals surface area (Å²) in [5.74, 6) is 0. The van der Waals surface area contributed by atoms with Gasteiger partial charge in [-0.25, -0.2) is 0 Å². The fourth-order valence-corrected chi connectivity index (χ4v) is 1.85. The summed E-state index contributed by atoms with van der Waals surface area (Å²) in [6, 6.07) is 2.53. The molecule has 0 fully saturated rings. The number of nitrogens with zero attached hydrogens (tertiary/aromatic N) is 1. The summed E-state index contributed by atoms with van der Waals surface area (Å²) in [6.45, 7) is 7.38. The summed E-state index contributed by atoms with van der Waals surface area (Å²) in [5, 5.41) is 3.56. The fourth-order valence-electron chi connectivity index (χ4n) is 1.85. The first-order valence-corrected chi connectivity index (χ1v) is 6.35. The average Bonchev–Trinajstić information content (AvgIpc) is 2.34. The van der Waals surface area contributed by atoms with Crippen molar-refractivity contribution in [3.05, 3.63) is 29.6 Å². The van der Waals surface area contributed by atoms with E-state index in [-0.39, 0.29) is 6.10 Å². The number of pyridine rings is 1. The minimum atomic E-state index is 0.255. The number of aromatic nitrogens is 1. The van der Waals surface area contributed by atoms with Gasteiger partial charge in [0, 0.05) is 25.5 Å². The molecule has 0 saturated carbocycles. The normalized spacial score (nSPS) is 14.6. The lowest BCUT2D eigenvalue weighted by Crippen LogP contribution is -2.26. The van der Waals surface area contributed by atoms with Gasteiger partial charge < -0.3 is 10.1 Å². The van der Waals surface area contributed by atoms with Crippen molar-refractivity contribution in [3.8, 4) is 0 Å². The highest BCUT2D eigenvalue weighted by Gasteiger charge is 2.14. The van der Waals surface area contributed by atoms with Gasteiger partial charge in [-0.2, -0.15) is 0 Å². The van der Waals surface area contributed by atoms with Crippen LogP contribution in [0, 0.1) is 6.92 Å². The molecule has 1 heterocycles. The van der Waals surface area contributed by atoms with E-state index in [2.05, 4.69) is 37.1 Å². The van der Waals surface area contributed by atoms with E-state index in [1.54, 1.807) is 7.11 Å². The molecular weight excluding hydrogens is 212 g/mol. The van der Waals surface area contributed by atoms with Crippen molar-refractivity contribution in [3.63, 3.8) is 0 Å². The number of methoxy groups -OCH3 is 1. The average molecular weight is 236 g/mol. The molecule has 96 valence electrons. The quantitative estimate of drug-likeness (QED) is 0.790. The lowest BCUT2D eigenvalue weighted by molar-refractivity contribution is 0.100. The van der Waals surface area contributed by atoms with Gasteiger partial charge in [-0.1, -0.05) is 13.0 Å². The molecule has 3 nitrogen and oxygen atoms in total. The van der Waals surface area contributed by atoms with Gasteiger partial charge >= 0.3 is 0 Å². The Morgan fingerprint density at radius 3 is 2.76 bits per heavy atom. The van der Waals surface area contributed by atoms with E-state index in [1.165, 1.54) is 11.1 Å². The maximum absolute atomic E-state index is 5.35. The lowest BCUT2D eigenvalue weighted by atomic mass is 10.0. The summed E-state index contributed by atoms with van der Waals surface area (Å²) in [7, 11) is 1.76. The molecule has 1 rings (SSSR count). The number of hydrogen-bond donors (Lipinski definition) is 1. The predicted molar refractivity (Wildman–Crippen MR) is 71.1 cm³/mol. The molecule has 2 atom stereocenters. The summed E-state index contributed by atoms with van der Waals surface area (Å²) < 4.78 is 5.35. The van der Waals surface area contributed by atoms with Crippen molar-refractivity contribution in [1.29, 1.82) is 0 Å². The van der Waals surface area contributed by atoms with Crippen LogP contribution in [0.25, 0.3) is 0 Å². The van der Waals surface area contributed by atoms with Crippen molar-refractivity contribution in [2.75, 3.05) is 13.7 Å². The summed E-state index contributed by atoms with van der Waals surface area (Å²) in [6.07, 6.45) is 6.20. The maximum atomic E-state index is 5.35. The highest BCUT2D eigenvalue weighted by molar-refractivity contribution is 5.20. The Kier molecular flexibility index (Phi) is 6.16. The zero-order valence-electron chi connectivity index (χ0n) is 11.4. The molecule has 0 radical (unpaired) electrons. The minimum absolute atomic E-state index is 0.255. The van der Waals surface area contributed by atoms with E-state index in [9.17, 15) is 0 Å². The third-order valence-electron chi connectivity index (χ3n) is 2.91. The van der Waals surface area contributed by atoms with Gasteiger partial charge in [0.05, 0.1) is 6.10 Å². The van der Waals surface area contributed by atoms with E-state index in [4.69, 9.17) is 4.74 Å². The maximum Gasteiger partial charge on any atom is 0.0561 e. The number of nitrogens with one attached hydrogen (secondary N) is 1. The Labute approximate surface area is 105 Å². The van der Waals surface area contributed by atoms with Crippen LogP contribution in [0.1, 0.15) is 43.9 Å². The Hall–Kier alpha value is -0.930. The predicted octanol–water partition coefficient (Wildman–Crippen LogP) is 2.86. The number of rotatable bonds is 7. The smallest absolute Gasteiger partial charge is 0.0561 e. The van der Waals surface area contributed by atoms with Crippen LogP contribution in [0.2, 0.25) is 0 Å². The van der Waals surface area contributed by atoms with Crippen molar-refractivity contribution < 1.29 is 4.74 Å².